The van der Waals surface area contributed by atoms with Gasteiger partial charge in [-0.3, -0.25) is 4.90 Å². The first kappa shape index (κ1) is 14.7. The number of nitrogens with zero attached hydrogens (tertiary/aromatic N) is 3. The highest BCUT2D eigenvalue weighted by Crippen LogP contribution is 2.38. The number of benzene rings is 1. The predicted molar refractivity (Wildman–Crippen MR) is 89.1 cm³/mol. The summed E-state index contributed by atoms with van der Waals surface area (Å²) in [6.07, 6.45) is 3.73. The van der Waals surface area contributed by atoms with Crippen molar-refractivity contribution in [1.29, 1.82) is 0 Å². The van der Waals surface area contributed by atoms with Crippen molar-refractivity contribution < 1.29 is 9.18 Å². The summed E-state index contributed by atoms with van der Waals surface area (Å²) in [6, 6.07) is 10.4. The summed E-state index contributed by atoms with van der Waals surface area (Å²) in [5.74, 6) is 6.24. The minimum atomic E-state index is -0.304. The second-order valence-electron chi connectivity index (χ2n) is 6.14. The van der Waals surface area contributed by atoms with Crippen LogP contribution in [0, 0.1) is 17.7 Å². The van der Waals surface area contributed by atoms with Crippen LogP contribution >= 0.6 is 0 Å². The Morgan fingerprint density at radius 1 is 1.12 bits per heavy atom. The van der Waals surface area contributed by atoms with E-state index in [2.05, 4.69) is 16.8 Å². The number of aromatic nitrogens is 1. The van der Waals surface area contributed by atoms with E-state index in [0.29, 0.717) is 17.4 Å². The molecule has 2 fully saturated rings. The largest absolute Gasteiger partial charge is 0.326 e. The number of pyridine rings is 1. The zero-order chi connectivity index (χ0) is 16.7. The molecule has 2 aliphatic rings. The molecule has 1 aromatic carbocycles. The molecule has 2 aromatic rings. The summed E-state index contributed by atoms with van der Waals surface area (Å²) >= 11 is 0. The number of hydrogen-bond acceptors (Lipinski definition) is 2. The molecule has 4 rings (SSSR count). The lowest BCUT2D eigenvalue weighted by molar-refractivity contribution is 0.196. The van der Waals surface area contributed by atoms with Gasteiger partial charge in [0.15, 0.2) is 0 Å². The van der Waals surface area contributed by atoms with E-state index >= 15 is 0 Å². The van der Waals surface area contributed by atoms with Crippen LogP contribution < -0.4 is 4.90 Å². The lowest BCUT2D eigenvalue weighted by Crippen LogP contribution is -2.45. The summed E-state index contributed by atoms with van der Waals surface area (Å²) in [4.78, 5) is 20.3. The van der Waals surface area contributed by atoms with Crippen molar-refractivity contribution in [3.05, 3.63) is 59.5 Å². The van der Waals surface area contributed by atoms with Crippen molar-refractivity contribution in [3.8, 4) is 11.8 Å². The first-order valence-electron chi connectivity index (χ1n) is 7.93. The van der Waals surface area contributed by atoms with Gasteiger partial charge < -0.3 is 4.90 Å². The maximum atomic E-state index is 13.1. The van der Waals surface area contributed by atoms with Gasteiger partial charge in [-0.2, -0.15) is 0 Å². The van der Waals surface area contributed by atoms with Gasteiger partial charge in [-0.25, -0.2) is 14.2 Å². The molecule has 2 atom stereocenters. The van der Waals surface area contributed by atoms with Gasteiger partial charge in [-0.05, 0) is 43.2 Å². The Balaban J connectivity index is 1.55. The highest BCUT2D eigenvalue weighted by atomic mass is 19.1. The number of carbonyl (C=O) groups excluding carboxylic acids is 1. The molecular weight excluding hydrogens is 305 g/mol. The maximum Gasteiger partial charge on any atom is 0.326 e. The minimum absolute atomic E-state index is 0.00796. The topological polar surface area (TPSA) is 36.4 Å². The van der Waals surface area contributed by atoms with Crippen LogP contribution in [0.5, 0.6) is 0 Å². The van der Waals surface area contributed by atoms with E-state index in [0.717, 1.165) is 18.4 Å². The summed E-state index contributed by atoms with van der Waals surface area (Å²) in [7, 11) is 1.85. The molecule has 1 saturated carbocycles. The fourth-order valence-electron chi connectivity index (χ4n) is 3.25. The summed E-state index contributed by atoms with van der Waals surface area (Å²) < 4.78 is 13.1. The monoisotopic (exact) mass is 321 g/mol. The van der Waals surface area contributed by atoms with Gasteiger partial charge in [-0.15, -0.1) is 0 Å². The van der Waals surface area contributed by atoms with Gasteiger partial charge in [0.2, 0.25) is 0 Å². The Bertz CT molecular complexity index is 853. The third-order valence-corrected chi connectivity index (χ3v) is 4.71. The minimum Gasteiger partial charge on any atom is -0.322 e. The third-order valence-electron chi connectivity index (χ3n) is 4.71. The third kappa shape index (κ3) is 2.41. The molecule has 2 heterocycles. The standard InChI is InChI=1S/C19H16FN3O/c1-22-16-8-9-17(16)23(19(22)24)18-10-7-14(12-21-18)6-5-13-3-2-4-15(20)11-13/h2-4,7,10-12,16-17H,8-9H2,1H3/t16-,17+/m0/s1. The second-order valence-corrected chi connectivity index (χ2v) is 6.14. The molecule has 0 spiro atoms. The van der Waals surface area contributed by atoms with Gasteiger partial charge in [0.25, 0.3) is 0 Å². The van der Waals surface area contributed by atoms with Crippen LogP contribution in [0.25, 0.3) is 0 Å². The molecular formula is C19H16FN3O. The molecule has 0 bridgehead atoms. The Morgan fingerprint density at radius 2 is 1.92 bits per heavy atom. The van der Waals surface area contributed by atoms with Crippen molar-refractivity contribution >= 4 is 11.8 Å². The molecule has 120 valence electrons. The highest BCUT2D eigenvalue weighted by Gasteiger charge is 2.50. The quantitative estimate of drug-likeness (QED) is 0.757. The Hall–Kier alpha value is -2.87. The van der Waals surface area contributed by atoms with Crippen molar-refractivity contribution in [2.45, 2.75) is 24.9 Å². The molecule has 1 aliphatic carbocycles. The predicted octanol–water partition coefficient (Wildman–Crippen LogP) is 3.02. The summed E-state index contributed by atoms with van der Waals surface area (Å²) in [5, 5.41) is 0. The van der Waals surface area contributed by atoms with E-state index in [9.17, 15) is 9.18 Å². The summed E-state index contributed by atoms with van der Waals surface area (Å²) in [5.41, 5.74) is 1.35. The second kappa shape index (κ2) is 5.64. The number of carbonyl (C=O) groups is 1. The summed E-state index contributed by atoms with van der Waals surface area (Å²) in [6.45, 7) is 0. The molecule has 0 radical (unpaired) electrons. The molecule has 2 amide bonds. The van der Waals surface area contributed by atoms with E-state index in [1.165, 1.54) is 12.1 Å². The van der Waals surface area contributed by atoms with Gasteiger partial charge in [-0.1, -0.05) is 17.9 Å². The number of urea groups is 1. The van der Waals surface area contributed by atoms with Crippen molar-refractivity contribution in [2.24, 2.45) is 0 Å². The number of amides is 2. The number of halogens is 1. The average molecular weight is 321 g/mol. The van der Waals surface area contributed by atoms with E-state index in [4.69, 9.17) is 0 Å². The number of fused-ring (bicyclic) bond motifs is 1. The van der Waals surface area contributed by atoms with E-state index < -0.39 is 0 Å². The van der Waals surface area contributed by atoms with Gasteiger partial charge in [0.1, 0.15) is 11.6 Å². The number of anilines is 1. The molecule has 1 aliphatic heterocycles. The number of likely N-dealkylation sites (N-methyl/N-ethyl adjacent to an activating group) is 1. The zero-order valence-corrected chi connectivity index (χ0v) is 13.2. The molecule has 4 nitrogen and oxygen atoms in total. The maximum absolute atomic E-state index is 13.1. The van der Waals surface area contributed by atoms with E-state index in [1.807, 2.05) is 19.2 Å². The molecule has 5 heteroatoms. The fraction of sp³-hybridized carbons (Fsp3) is 0.263. The fourth-order valence-corrected chi connectivity index (χ4v) is 3.25. The van der Waals surface area contributed by atoms with Crippen molar-refractivity contribution in [2.75, 3.05) is 11.9 Å². The van der Waals surface area contributed by atoms with Gasteiger partial charge in [0.05, 0.1) is 12.1 Å². The van der Waals surface area contributed by atoms with Crippen LogP contribution in [-0.4, -0.2) is 35.0 Å². The number of rotatable bonds is 1. The average Bonchev–Trinajstić information content (AvgIpc) is 2.72. The Kier molecular flexibility index (Phi) is 3.46. The molecule has 1 aromatic heterocycles. The van der Waals surface area contributed by atoms with Crippen molar-refractivity contribution in [1.82, 2.24) is 9.88 Å². The van der Waals surface area contributed by atoms with Crippen LogP contribution in [0.4, 0.5) is 15.0 Å². The SMILES string of the molecule is CN1C(=O)N(c2ccc(C#Cc3cccc(F)c3)cn2)[C@@H]2CC[C@@H]21. The highest BCUT2D eigenvalue weighted by molar-refractivity contribution is 5.95. The molecule has 24 heavy (non-hydrogen) atoms. The normalized spacial score (nSPS) is 21.8. The van der Waals surface area contributed by atoms with Crippen LogP contribution in [0.1, 0.15) is 24.0 Å². The van der Waals surface area contributed by atoms with E-state index in [1.54, 1.807) is 28.1 Å². The van der Waals surface area contributed by atoms with Crippen LogP contribution in [0.15, 0.2) is 42.6 Å². The lowest BCUT2D eigenvalue weighted by Gasteiger charge is -2.35. The van der Waals surface area contributed by atoms with Crippen LogP contribution in [0.3, 0.4) is 0 Å². The zero-order valence-electron chi connectivity index (χ0n) is 13.2. The van der Waals surface area contributed by atoms with Crippen LogP contribution in [0.2, 0.25) is 0 Å². The van der Waals surface area contributed by atoms with Gasteiger partial charge >= 0.3 is 6.03 Å². The molecule has 0 N–H and O–H groups in total. The molecule has 1 saturated heterocycles. The van der Waals surface area contributed by atoms with Crippen LogP contribution in [-0.2, 0) is 0 Å². The van der Waals surface area contributed by atoms with E-state index in [-0.39, 0.29) is 17.9 Å². The Morgan fingerprint density at radius 3 is 2.54 bits per heavy atom. The molecule has 0 unspecified atom stereocenters. The van der Waals surface area contributed by atoms with Crippen molar-refractivity contribution in [3.63, 3.8) is 0 Å². The Labute approximate surface area is 139 Å². The lowest BCUT2D eigenvalue weighted by atomic mass is 9.86. The van der Waals surface area contributed by atoms with Gasteiger partial charge in [0, 0.05) is 24.4 Å². The first-order valence-corrected chi connectivity index (χ1v) is 7.93. The number of hydrogen-bond donors (Lipinski definition) is 0. The smallest absolute Gasteiger partial charge is 0.322 e. The first-order chi connectivity index (χ1) is 11.6.